The molecule has 1 aromatic rings. The zero-order valence-corrected chi connectivity index (χ0v) is 9.93. The number of allylic oxidation sites excluding steroid dienone is 6. The molecular weight excluding hydrogens is 218 g/mol. The van der Waals surface area contributed by atoms with Crippen molar-refractivity contribution < 1.29 is 8.78 Å². The second-order valence-corrected chi connectivity index (χ2v) is 4.37. The maximum absolute atomic E-state index is 13.5. The van der Waals surface area contributed by atoms with E-state index in [1.165, 1.54) is 12.1 Å². The second kappa shape index (κ2) is 4.66. The lowest BCUT2D eigenvalue weighted by molar-refractivity contribution is 0.611. The highest BCUT2D eigenvalue weighted by Crippen LogP contribution is 2.26. The summed E-state index contributed by atoms with van der Waals surface area (Å²) in [5.74, 6) is -0.453. The van der Waals surface area contributed by atoms with Crippen molar-refractivity contribution in [1.82, 2.24) is 0 Å². The van der Waals surface area contributed by atoms with Crippen LogP contribution in [-0.2, 0) is 0 Å². The zero-order chi connectivity index (χ0) is 12.4. The molecule has 0 fully saturated rings. The molecule has 0 atom stereocenters. The third kappa shape index (κ3) is 2.70. The lowest BCUT2D eigenvalue weighted by atomic mass is 10.0. The van der Waals surface area contributed by atoms with Gasteiger partial charge in [0.2, 0.25) is 0 Å². The van der Waals surface area contributed by atoms with Crippen LogP contribution in [0.15, 0.2) is 47.8 Å². The van der Waals surface area contributed by atoms with E-state index in [9.17, 15) is 8.78 Å². The molecular formula is C15H14F2. The minimum Gasteiger partial charge on any atom is -0.211 e. The van der Waals surface area contributed by atoms with Crippen LogP contribution in [0.3, 0.4) is 0 Å². The molecule has 0 aliphatic heterocycles. The van der Waals surface area contributed by atoms with Crippen LogP contribution in [0.1, 0.15) is 24.5 Å². The van der Waals surface area contributed by atoms with E-state index in [1.807, 2.05) is 25.1 Å². The van der Waals surface area contributed by atoms with Crippen molar-refractivity contribution in [3.05, 3.63) is 64.8 Å². The Hall–Kier alpha value is -1.70. The molecule has 0 N–H and O–H groups in total. The molecule has 2 heteroatoms. The molecule has 17 heavy (non-hydrogen) atoms. The highest BCUT2D eigenvalue weighted by atomic mass is 19.1. The molecule has 0 unspecified atom stereocenters. The van der Waals surface area contributed by atoms with Gasteiger partial charge >= 0.3 is 0 Å². The number of benzene rings is 1. The van der Waals surface area contributed by atoms with Gasteiger partial charge < -0.3 is 0 Å². The summed E-state index contributed by atoms with van der Waals surface area (Å²) in [5, 5.41) is 0. The smallest absolute Gasteiger partial charge is 0.126 e. The average molecular weight is 232 g/mol. The molecule has 0 amide bonds. The summed E-state index contributed by atoms with van der Waals surface area (Å²) >= 11 is 0. The number of hydrogen-bond donors (Lipinski definition) is 0. The Morgan fingerprint density at radius 1 is 1.06 bits per heavy atom. The first kappa shape index (κ1) is 11.8. The monoisotopic (exact) mass is 232 g/mol. The summed E-state index contributed by atoms with van der Waals surface area (Å²) in [6.07, 6.45) is 5.49. The molecule has 1 aliphatic rings. The van der Waals surface area contributed by atoms with Crippen LogP contribution in [0.5, 0.6) is 0 Å². The van der Waals surface area contributed by atoms with E-state index in [1.54, 1.807) is 13.0 Å². The van der Waals surface area contributed by atoms with Crippen LogP contribution in [0.25, 0.3) is 5.57 Å². The number of rotatable bonds is 1. The van der Waals surface area contributed by atoms with E-state index in [-0.39, 0.29) is 11.6 Å². The van der Waals surface area contributed by atoms with Gasteiger partial charge in [0, 0.05) is 6.42 Å². The molecule has 0 saturated heterocycles. The number of halogens is 2. The molecule has 0 nitrogen and oxygen atoms in total. The van der Waals surface area contributed by atoms with Crippen LogP contribution in [-0.4, -0.2) is 0 Å². The highest BCUT2D eigenvalue weighted by Gasteiger charge is 2.07. The van der Waals surface area contributed by atoms with Crippen molar-refractivity contribution >= 4 is 5.57 Å². The highest BCUT2D eigenvalue weighted by molar-refractivity contribution is 5.76. The predicted octanol–water partition coefficient (Wildman–Crippen LogP) is 4.72. The fourth-order valence-corrected chi connectivity index (χ4v) is 1.78. The normalized spacial score (nSPS) is 15.9. The average Bonchev–Trinajstić information content (AvgIpc) is 2.43. The molecule has 0 heterocycles. The maximum Gasteiger partial charge on any atom is 0.126 e. The molecule has 0 radical (unpaired) electrons. The molecule has 1 aliphatic carbocycles. The summed E-state index contributed by atoms with van der Waals surface area (Å²) in [6.45, 7) is 3.59. The van der Waals surface area contributed by atoms with Crippen molar-refractivity contribution in [2.45, 2.75) is 20.3 Å². The van der Waals surface area contributed by atoms with Gasteiger partial charge in [0.25, 0.3) is 0 Å². The Kier molecular flexibility index (Phi) is 3.23. The van der Waals surface area contributed by atoms with E-state index >= 15 is 0 Å². The van der Waals surface area contributed by atoms with Crippen molar-refractivity contribution in [2.24, 2.45) is 0 Å². The Morgan fingerprint density at radius 2 is 1.82 bits per heavy atom. The summed E-state index contributed by atoms with van der Waals surface area (Å²) in [6, 6.07) is 4.96. The van der Waals surface area contributed by atoms with Crippen LogP contribution < -0.4 is 0 Å². The Bertz CT molecular complexity index is 534. The van der Waals surface area contributed by atoms with Crippen molar-refractivity contribution in [1.29, 1.82) is 0 Å². The van der Waals surface area contributed by atoms with Gasteiger partial charge in [0.15, 0.2) is 0 Å². The van der Waals surface area contributed by atoms with E-state index in [0.29, 0.717) is 23.1 Å². The standard InChI is InChI=1S/C15H14F2/c1-10-3-5-12(8-14(16)7-10)13-6-4-11(2)15(17)9-13/h3-6,8-9H,7H2,1-2H3. The Balaban J connectivity index is 2.45. The van der Waals surface area contributed by atoms with Gasteiger partial charge in [-0.05, 0) is 42.7 Å². The zero-order valence-electron chi connectivity index (χ0n) is 9.93. The maximum atomic E-state index is 13.5. The lowest BCUT2D eigenvalue weighted by Gasteiger charge is -2.03. The fraction of sp³-hybridized carbons (Fsp3) is 0.200. The van der Waals surface area contributed by atoms with Crippen LogP contribution in [0.4, 0.5) is 8.78 Å². The summed E-state index contributed by atoms with van der Waals surface area (Å²) in [7, 11) is 0. The second-order valence-electron chi connectivity index (χ2n) is 4.37. The van der Waals surface area contributed by atoms with E-state index < -0.39 is 0 Å². The minimum atomic E-state index is -0.262. The summed E-state index contributed by atoms with van der Waals surface area (Å²) in [5.41, 5.74) is 2.97. The van der Waals surface area contributed by atoms with Crippen molar-refractivity contribution in [3.8, 4) is 0 Å². The molecule has 2 rings (SSSR count). The molecule has 1 aromatic carbocycles. The third-order valence-corrected chi connectivity index (χ3v) is 2.81. The predicted molar refractivity (Wildman–Crippen MR) is 66.7 cm³/mol. The minimum absolute atomic E-state index is 0.191. The Morgan fingerprint density at radius 3 is 2.53 bits per heavy atom. The number of aryl methyl sites for hydroxylation is 1. The van der Waals surface area contributed by atoms with E-state index in [4.69, 9.17) is 0 Å². The number of hydrogen-bond acceptors (Lipinski definition) is 0. The van der Waals surface area contributed by atoms with Gasteiger partial charge in [-0.1, -0.05) is 29.9 Å². The molecule has 0 aromatic heterocycles. The quantitative estimate of drug-likeness (QED) is 0.657. The van der Waals surface area contributed by atoms with Gasteiger partial charge in [0.1, 0.15) is 11.6 Å². The van der Waals surface area contributed by atoms with E-state index in [0.717, 1.165) is 5.57 Å². The van der Waals surface area contributed by atoms with Gasteiger partial charge in [-0.2, -0.15) is 0 Å². The third-order valence-electron chi connectivity index (χ3n) is 2.81. The Labute approximate surface area is 100.0 Å². The first-order valence-electron chi connectivity index (χ1n) is 5.56. The topological polar surface area (TPSA) is 0 Å². The molecule has 88 valence electrons. The van der Waals surface area contributed by atoms with Gasteiger partial charge in [0.05, 0.1) is 0 Å². The molecule has 0 bridgehead atoms. The van der Waals surface area contributed by atoms with Crippen LogP contribution in [0.2, 0.25) is 0 Å². The van der Waals surface area contributed by atoms with Crippen LogP contribution in [0, 0.1) is 12.7 Å². The lowest BCUT2D eigenvalue weighted by Crippen LogP contribution is -1.87. The molecule has 0 spiro atoms. The van der Waals surface area contributed by atoms with E-state index in [2.05, 4.69) is 0 Å². The van der Waals surface area contributed by atoms with Crippen molar-refractivity contribution in [2.75, 3.05) is 0 Å². The van der Waals surface area contributed by atoms with Crippen molar-refractivity contribution in [3.63, 3.8) is 0 Å². The first-order chi connectivity index (χ1) is 8.06. The summed E-state index contributed by atoms with van der Waals surface area (Å²) < 4.78 is 26.9. The molecule has 0 saturated carbocycles. The SMILES string of the molecule is CC1=CC=C(c2ccc(C)c(F)c2)C=C(F)C1. The van der Waals surface area contributed by atoms with Gasteiger partial charge in [-0.3, -0.25) is 0 Å². The largest absolute Gasteiger partial charge is 0.211 e. The van der Waals surface area contributed by atoms with Gasteiger partial charge in [-0.15, -0.1) is 0 Å². The first-order valence-corrected chi connectivity index (χ1v) is 5.56. The summed E-state index contributed by atoms with van der Waals surface area (Å²) in [4.78, 5) is 0. The fourth-order valence-electron chi connectivity index (χ4n) is 1.78. The van der Waals surface area contributed by atoms with Gasteiger partial charge in [-0.25, -0.2) is 8.78 Å². The van der Waals surface area contributed by atoms with Crippen LogP contribution >= 0.6 is 0 Å².